The van der Waals surface area contributed by atoms with Crippen LogP contribution >= 0.6 is 0 Å². The van der Waals surface area contributed by atoms with Gasteiger partial charge in [0.05, 0.1) is 13.0 Å². The summed E-state index contributed by atoms with van der Waals surface area (Å²) < 4.78 is 10.5. The normalized spacial score (nSPS) is 17.6. The number of esters is 1. The Labute approximate surface area is 117 Å². The van der Waals surface area contributed by atoms with E-state index in [1.165, 1.54) is 12.8 Å². The molecular weight excluding hydrogens is 242 g/mol. The van der Waals surface area contributed by atoms with Gasteiger partial charge in [-0.05, 0) is 46.5 Å². The maximum Gasteiger partial charge on any atom is 0.307 e. The second-order valence-corrected chi connectivity index (χ2v) is 6.44. The molecule has 0 N–H and O–H groups in total. The van der Waals surface area contributed by atoms with E-state index in [0.717, 1.165) is 19.0 Å². The van der Waals surface area contributed by atoms with E-state index < -0.39 is 5.60 Å². The van der Waals surface area contributed by atoms with Gasteiger partial charge >= 0.3 is 5.97 Å². The lowest BCUT2D eigenvalue weighted by atomic mass is 10.1. The van der Waals surface area contributed by atoms with E-state index in [1.807, 2.05) is 20.8 Å². The van der Waals surface area contributed by atoms with Crippen LogP contribution in [0.15, 0.2) is 0 Å². The van der Waals surface area contributed by atoms with Crippen molar-refractivity contribution in [2.45, 2.75) is 58.6 Å². The molecule has 0 bridgehead atoms. The molecule has 0 aliphatic heterocycles. The number of ether oxygens (including phenoxy) is 2. The zero-order valence-corrected chi connectivity index (χ0v) is 13.1. The van der Waals surface area contributed by atoms with Gasteiger partial charge in [-0.1, -0.05) is 0 Å². The van der Waals surface area contributed by atoms with E-state index >= 15 is 0 Å². The van der Waals surface area contributed by atoms with Crippen molar-refractivity contribution in [1.82, 2.24) is 4.90 Å². The molecule has 0 radical (unpaired) electrons. The van der Waals surface area contributed by atoms with Crippen LogP contribution < -0.4 is 0 Å². The van der Waals surface area contributed by atoms with Crippen molar-refractivity contribution in [3.05, 3.63) is 0 Å². The van der Waals surface area contributed by atoms with Crippen LogP contribution in [0.2, 0.25) is 0 Å². The number of carbonyl (C=O) groups is 1. The predicted molar refractivity (Wildman–Crippen MR) is 76.1 cm³/mol. The Bertz CT molecular complexity index is 282. The minimum atomic E-state index is -0.392. The lowest BCUT2D eigenvalue weighted by molar-refractivity contribution is -0.155. The summed E-state index contributed by atoms with van der Waals surface area (Å²) in [6.07, 6.45) is 3.09. The third kappa shape index (κ3) is 6.92. The zero-order chi connectivity index (χ0) is 14.5. The highest BCUT2D eigenvalue weighted by Gasteiger charge is 2.32. The Balaban J connectivity index is 2.36. The molecule has 1 rings (SSSR count). The molecule has 1 aliphatic rings. The molecule has 1 atom stereocenters. The molecule has 1 saturated carbocycles. The van der Waals surface area contributed by atoms with Gasteiger partial charge in [0.2, 0.25) is 0 Å². The molecule has 0 saturated heterocycles. The highest BCUT2D eigenvalue weighted by atomic mass is 16.6. The number of hydrogen-bond acceptors (Lipinski definition) is 4. The van der Waals surface area contributed by atoms with E-state index in [9.17, 15) is 4.79 Å². The Kier molecular flexibility index (Phi) is 6.27. The molecule has 1 fully saturated rings. The molecular formula is C15H29NO3. The average Bonchev–Trinajstić information content (AvgIpc) is 3.09. The van der Waals surface area contributed by atoms with Crippen molar-refractivity contribution in [3.8, 4) is 0 Å². The summed E-state index contributed by atoms with van der Waals surface area (Å²) in [6, 6.07) is 0.539. The summed E-state index contributed by atoms with van der Waals surface area (Å²) in [6.45, 7) is 10.3. The van der Waals surface area contributed by atoms with Crippen LogP contribution in [0, 0.1) is 5.92 Å². The van der Waals surface area contributed by atoms with E-state index in [4.69, 9.17) is 9.47 Å². The van der Waals surface area contributed by atoms with Gasteiger partial charge in [0.25, 0.3) is 0 Å². The molecule has 112 valence electrons. The van der Waals surface area contributed by atoms with Crippen LogP contribution in [0.1, 0.15) is 47.0 Å². The van der Waals surface area contributed by atoms with E-state index in [1.54, 1.807) is 7.11 Å². The number of carbonyl (C=O) groups excluding carboxylic acids is 1. The third-order valence-electron chi connectivity index (χ3n) is 3.49. The molecule has 0 aromatic carbocycles. The molecule has 0 aromatic heterocycles. The fourth-order valence-electron chi connectivity index (χ4n) is 2.23. The Morgan fingerprint density at radius 3 is 2.42 bits per heavy atom. The molecule has 4 heteroatoms. The number of methoxy groups -OCH3 is 1. The lowest BCUT2D eigenvalue weighted by Gasteiger charge is -2.29. The first-order valence-electron chi connectivity index (χ1n) is 7.28. The summed E-state index contributed by atoms with van der Waals surface area (Å²) >= 11 is 0. The van der Waals surface area contributed by atoms with Crippen LogP contribution in [-0.2, 0) is 14.3 Å². The Morgan fingerprint density at radius 1 is 1.32 bits per heavy atom. The summed E-state index contributed by atoms with van der Waals surface area (Å²) in [7, 11) is 1.72. The van der Waals surface area contributed by atoms with Crippen LogP contribution in [0.5, 0.6) is 0 Å². The van der Waals surface area contributed by atoms with Crippen LogP contribution in [0.25, 0.3) is 0 Å². The molecule has 0 spiro atoms. The van der Waals surface area contributed by atoms with Crippen LogP contribution in [-0.4, -0.2) is 49.3 Å². The van der Waals surface area contributed by atoms with Crippen molar-refractivity contribution in [2.24, 2.45) is 5.92 Å². The van der Waals surface area contributed by atoms with Gasteiger partial charge in [-0.3, -0.25) is 9.69 Å². The van der Waals surface area contributed by atoms with Gasteiger partial charge in [-0.25, -0.2) is 0 Å². The number of rotatable bonds is 8. The number of hydrogen-bond donors (Lipinski definition) is 0. The maximum atomic E-state index is 11.8. The molecule has 19 heavy (non-hydrogen) atoms. The van der Waals surface area contributed by atoms with Gasteiger partial charge in [0.15, 0.2) is 0 Å². The molecule has 0 amide bonds. The maximum absolute atomic E-state index is 11.8. The second kappa shape index (κ2) is 7.25. The smallest absolute Gasteiger partial charge is 0.307 e. The summed E-state index contributed by atoms with van der Waals surface area (Å²) in [5.74, 6) is 0.688. The van der Waals surface area contributed by atoms with E-state index in [2.05, 4.69) is 11.8 Å². The molecule has 1 aliphatic carbocycles. The molecule has 4 nitrogen and oxygen atoms in total. The van der Waals surface area contributed by atoms with Crippen molar-refractivity contribution >= 4 is 5.97 Å². The fourth-order valence-corrected chi connectivity index (χ4v) is 2.23. The Morgan fingerprint density at radius 2 is 1.95 bits per heavy atom. The second-order valence-electron chi connectivity index (χ2n) is 6.44. The quantitative estimate of drug-likeness (QED) is 0.636. The SMILES string of the molecule is COCCN(CCC(=O)OC(C)(C)C)C(C)C1CC1. The fraction of sp³-hybridized carbons (Fsp3) is 0.933. The topological polar surface area (TPSA) is 38.8 Å². The Hall–Kier alpha value is -0.610. The molecule has 0 heterocycles. The first kappa shape index (κ1) is 16.4. The first-order chi connectivity index (χ1) is 8.83. The van der Waals surface area contributed by atoms with Crippen molar-refractivity contribution < 1.29 is 14.3 Å². The average molecular weight is 271 g/mol. The third-order valence-corrected chi connectivity index (χ3v) is 3.49. The van der Waals surface area contributed by atoms with Gasteiger partial charge in [0, 0.05) is 26.2 Å². The minimum absolute atomic E-state index is 0.113. The molecule has 0 aromatic rings. The standard InChI is InChI=1S/C15H29NO3/c1-12(13-6-7-13)16(10-11-18-5)9-8-14(17)19-15(2,3)4/h12-13H,6-11H2,1-5H3. The van der Waals surface area contributed by atoms with Crippen LogP contribution in [0.3, 0.4) is 0 Å². The monoisotopic (exact) mass is 271 g/mol. The van der Waals surface area contributed by atoms with Crippen molar-refractivity contribution in [1.29, 1.82) is 0 Å². The van der Waals surface area contributed by atoms with Crippen LogP contribution in [0.4, 0.5) is 0 Å². The van der Waals surface area contributed by atoms with Gasteiger partial charge in [-0.15, -0.1) is 0 Å². The summed E-state index contributed by atoms with van der Waals surface area (Å²) in [5.41, 5.74) is -0.392. The largest absolute Gasteiger partial charge is 0.460 e. The summed E-state index contributed by atoms with van der Waals surface area (Å²) in [5, 5.41) is 0. The zero-order valence-electron chi connectivity index (χ0n) is 13.1. The lowest BCUT2D eigenvalue weighted by Crippen LogP contribution is -2.39. The van der Waals surface area contributed by atoms with E-state index in [0.29, 0.717) is 19.1 Å². The van der Waals surface area contributed by atoms with Gasteiger partial charge < -0.3 is 9.47 Å². The highest BCUT2D eigenvalue weighted by molar-refractivity contribution is 5.70. The van der Waals surface area contributed by atoms with Gasteiger partial charge in [0.1, 0.15) is 5.60 Å². The minimum Gasteiger partial charge on any atom is -0.460 e. The predicted octanol–water partition coefficient (Wildman–Crippen LogP) is 2.47. The van der Waals surface area contributed by atoms with Crippen molar-refractivity contribution in [2.75, 3.05) is 26.8 Å². The van der Waals surface area contributed by atoms with E-state index in [-0.39, 0.29) is 5.97 Å². The van der Waals surface area contributed by atoms with Gasteiger partial charge in [-0.2, -0.15) is 0 Å². The summed E-state index contributed by atoms with van der Waals surface area (Å²) in [4.78, 5) is 14.1. The first-order valence-corrected chi connectivity index (χ1v) is 7.28. The van der Waals surface area contributed by atoms with Crippen molar-refractivity contribution in [3.63, 3.8) is 0 Å². The number of nitrogens with zero attached hydrogens (tertiary/aromatic N) is 1. The highest BCUT2D eigenvalue weighted by Crippen LogP contribution is 2.35. The molecule has 1 unspecified atom stereocenters.